The Labute approximate surface area is 176 Å². The number of Topliss-reactive ketones (excluding diaryl/α,β-unsaturated/α-hetero) is 2. The summed E-state index contributed by atoms with van der Waals surface area (Å²) < 4.78 is 59.1. The summed E-state index contributed by atoms with van der Waals surface area (Å²) in [5.74, 6) is -0.301. The average Bonchev–Trinajstić information content (AvgIpc) is 2.94. The molecule has 1 fully saturated rings. The minimum absolute atomic E-state index is 0.0291. The van der Waals surface area contributed by atoms with Crippen LogP contribution in [0.3, 0.4) is 0 Å². The zero-order chi connectivity index (χ0) is 22.4. The standard InChI is InChI=1S/C15H18BrF4NO.C5H8O2/c1-9(22)12(8-14(2,3)17)21-13(15(18,19)20)10-4-6-11(16)7-5-10;1-4-2-5(6)3-7-4/h4-7,12-13,21H,8H2,1-3H3;4H,2-3H2,1H3/t12-,13-;4-/m01/s1. The van der Waals surface area contributed by atoms with Gasteiger partial charge >= 0.3 is 6.18 Å². The van der Waals surface area contributed by atoms with E-state index in [1.807, 2.05) is 6.92 Å². The second-order valence-electron chi connectivity index (χ2n) is 7.64. The first-order valence-electron chi connectivity index (χ1n) is 9.10. The molecule has 1 N–H and O–H groups in total. The van der Waals surface area contributed by atoms with Gasteiger partial charge in [-0.1, -0.05) is 28.1 Å². The van der Waals surface area contributed by atoms with Gasteiger partial charge in [0.25, 0.3) is 0 Å². The summed E-state index contributed by atoms with van der Waals surface area (Å²) in [6.45, 7) is 5.85. The van der Waals surface area contributed by atoms with Gasteiger partial charge in [-0.25, -0.2) is 4.39 Å². The van der Waals surface area contributed by atoms with Crippen molar-refractivity contribution in [3.05, 3.63) is 34.3 Å². The summed E-state index contributed by atoms with van der Waals surface area (Å²) in [6.07, 6.45) is -4.14. The van der Waals surface area contributed by atoms with Crippen LogP contribution in [0.15, 0.2) is 28.7 Å². The monoisotopic (exact) mass is 483 g/mol. The van der Waals surface area contributed by atoms with Gasteiger partial charge in [0.1, 0.15) is 24.1 Å². The fourth-order valence-electron chi connectivity index (χ4n) is 2.72. The van der Waals surface area contributed by atoms with Gasteiger partial charge in [-0.05, 0) is 45.4 Å². The maximum Gasteiger partial charge on any atom is 0.407 e. The molecule has 1 aromatic rings. The predicted molar refractivity (Wildman–Crippen MR) is 105 cm³/mol. The number of nitrogens with one attached hydrogen (secondary N) is 1. The van der Waals surface area contributed by atoms with E-state index in [0.29, 0.717) is 17.5 Å². The molecule has 0 aliphatic carbocycles. The quantitative estimate of drug-likeness (QED) is 0.571. The van der Waals surface area contributed by atoms with Crippen molar-refractivity contribution in [2.24, 2.45) is 0 Å². The molecule has 0 unspecified atom stereocenters. The molecule has 1 saturated heterocycles. The fourth-order valence-corrected chi connectivity index (χ4v) is 2.98. The molecule has 1 aliphatic rings. The Bertz CT molecular complexity index is 686. The normalized spacial score (nSPS) is 19.3. The first-order valence-corrected chi connectivity index (χ1v) is 9.89. The van der Waals surface area contributed by atoms with Crippen LogP contribution in [0.2, 0.25) is 0 Å². The number of carbonyl (C=O) groups excluding carboxylic acids is 2. The van der Waals surface area contributed by atoms with Crippen LogP contribution in [-0.4, -0.2) is 42.2 Å². The molecule has 4 nitrogen and oxygen atoms in total. The fraction of sp³-hybridized carbons (Fsp3) is 0.600. The Balaban J connectivity index is 0.000000502. The molecule has 0 saturated carbocycles. The molecule has 0 bridgehead atoms. The van der Waals surface area contributed by atoms with E-state index < -0.39 is 29.7 Å². The lowest BCUT2D eigenvalue weighted by Gasteiger charge is -2.29. The van der Waals surface area contributed by atoms with Crippen molar-refractivity contribution in [3.63, 3.8) is 0 Å². The highest BCUT2D eigenvalue weighted by molar-refractivity contribution is 9.10. The highest BCUT2D eigenvalue weighted by Crippen LogP contribution is 2.34. The maximum atomic E-state index is 13.7. The summed E-state index contributed by atoms with van der Waals surface area (Å²) in [6, 6.07) is 2.35. The molecule has 1 aliphatic heterocycles. The lowest BCUT2D eigenvalue weighted by Crippen LogP contribution is -2.46. The molecule has 3 atom stereocenters. The summed E-state index contributed by atoms with van der Waals surface area (Å²) in [7, 11) is 0. The van der Waals surface area contributed by atoms with Gasteiger partial charge in [-0.2, -0.15) is 13.2 Å². The van der Waals surface area contributed by atoms with E-state index >= 15 is 0 Å². The number of ether oxygens (including phenoxy) is 1. The van der Waals surface area contributed by atoms with Gasteiger partial charge in [-0.3, -0.25) is 14.9 Å². The van der Waals surface area contributed by atoms with Gasteiger partial charge in [0.05, 0.1) is 12.1 Å². The number of alkyl halides is 4. The first-order chi connectivity index (χ1) is 13.2. The molecule has 0 radical (unpaired) electrons. The van der Waals surface area contributed by atoms with E-state index in [4.69, 9.17) is 4.74 Å². The zero-order valence-electron chi connectivity index (χ0n) is 16.8. The molecule has 29 heavy (non-hydrogen) atoms. The number of hydrogen-bond acceptors (Lipinski definition) is 4. The molecular weight excluding hydrogens is 458 g/mol. The Morgan fingerprint density at radius 2 is 1.79 bits per heavy atom. The van der Waals surface area contributed by atoms with Crippen molar-refractivity contribution in [2.75, 3.05) is 6.61 Å². The summed E-state index contributed by atoms with van der Waals surface area (Å²) >= 11 is 3.15. The molecule has 0 spiro atoms. The largest absolute Gasteiger partial charge is 0.407 e. The lowest BCUT2D eigenvalue weighted by atomic mass is 9.96. The van der Waals surface area contributed by atoms with Crippen LogP contribution < -0.4 is 5.32 Å². The first kappa shape index (κ1) is 25.7. The SMILES string of the molecule is CC(=O)[C@H](CC(C)(C)F)N[C@@H](c1ccc(Br)cc1)C(F)(F)F.C[C@@H]1CC(=O)CO1. The molecule has 0 amide bonds. The smallest absolute Gasteiger partial charge is 0.370 e. The van der Waals surface area contributed by atoms with Crippen molar-refractivity contribution >= 4 is 27.5 Å². The van der Waals surface area contributed by atoms with Crippen molar-refractivity contribution < 1.29 is 31.9 Å². The van der Waals surface area contributed by atoms with Gasteiger partial charge in [0, 0.05) is 17.3 Å². The third kappa shape index (κ3) is 9.82. The van der Waals surface area contributed by atoms with E-state index in [-0.39, 0.29) is 23.9 Å². The third-order valence-electron chi connectivity index (χ3n) is 4.12. The van der Waals surface area contributed by atoms with Crippen LogP contribution in [0.25, 0.3) is 0 Å². The van der Waals surface area contributed by atoms with E-state index in [1.165, 1.54) is 38.1 Å². The van der Waals surface area contributed by atoms with E-state index in [9.17, 15) is 27.2 Å². The second kappa shape index (κ2) is 10.6. The summed E-state index contributed by atoms with van der Waals surface area (Å²) in [4.78, 5) is 21.9. The molecular formula is C20H26BrF4NO3. The number of carbonyl (C=O) groups is 2. The van der Waals surface area contributed by atoms with Crippen LogP contribution in [0, 0.1) is 0 Å². The molecule has 2 rings (SSSR count). The average molecular weight is 484 g/mol. The highest BCUT2D eigenvalue weighted by atomic mass is 79.9. The van der Waals surface area contributed by atoms with Crippen LogP contribution in [0.4, 0.5) is 17.6 Å². The Morgan fingerprint density at radius 3 is 2.10 bits per heavy atom. The van der Waals surface area contributed by atoms with Gasteiger partial charge in [0.2, 0.25) is 0 Å². The van der Waals surface area contributed by atoms with Crippen molar-refractivity contribution in [2.45, 2.75) is 70.6 Å². The van der Waals surface area contributed by atoms with Crippen LogP contribution in [0.1, 0.15) is 52.1 Å². The van der Waals surface area contributed by atoms with Crippen LogP contribution in [0.5, 0.6) is 0 Å². The number of ketones is 2. The number of benzene rings is 1. The molecule has 0 aromatic heterocycles. The second-order valence-corrected chi connectivity index (χ2v) is 8.56. The van der Waals surface area contributed by atoms with E-state index in [1.54, 1.807) is 0 Å². The third-order valence-corrected chi connectivity index (χ3v) is 4.65. The van der Waals surface area contributed by atoms with Crippen LogP contribution >= 0.6 is 15.9 Å². The van der Waals surface area contributed by atoms with Crippen molar-refractivity contribution in [1.29, 1.82) is 0 Å². The van der Waals surface area contributed by atoms with E-state index in [2.05, 4.69) is 21.2 Å². The molecule has 1 heterocycles. The van der Waals surface area contributed by atoms with Crippen LogP contribution in [-0.2, 0) is 14.3 Å². The van der Waals surface area contributed by atoms with E-state index in [0.717, 1.165) is 6.92 Å². The summed E-state index contributed by atoms with van der Waals surface area (Å²) in [5.41, 5.74) is -1.78. The predicted octanol–water partition coefficient (Wildman–Crippen LogP) is 5.10. The highest BCUT2D eigenvalue weighted by Gasteiger charge is 2.43. The number of halogens is 5. The molecule has 1 aromatic carbocycles. The van der Waals surface area contributed by atoms with Gasteiger partial charge in [0.15, 0.2) is 5.78 Å². The zero-order valence-corrected chi connectivity index (χ0v) is 18.4. The Kier molecular flexibility index (Phi) is 9.43. The topological polar surface area (TPSA) is 55.4 Å². The minimum Gasteiger partial charge on any atom is -0.370 e. The Hall–Kier alpha value is -1.32. The minimum atomic E-state index is -4.60. The van der Waals surface area contributed by atoms with Gasteiger partial charge < -0.3 is 4.74 Å². The van der Waals surface area contributed by atoms with Crippen molar-refractivity contribution in [1.82, 2.24) is 5.32 Å². The van der Waals surface area contributed by atoms with Gasteiger partial charge in [-0.15, -0.1) is 0 Å². The molecule has 9 heteroatoms. The lowest BCUT2D eigenvalue weighted by molar-refractivity contribution is -0.161. The number of hydrogen-bond donors (Lipinski definition) is 1. The summed E-state index contributed by atoms with van der Waals surface area (Å²) in [5, 5.41) is 2.26. The number of rotatable bonds is 6. The van der Waals surface area contributed by atoms with Crippen molar-refractivity contribution in [3.8, 4) is 0 Å². The maximum absolute atomic E-state index is 13.7. The molecule has 164 valence electrons. The Morgan fingerprint density at radius 1 is 1.24 bits per heavy atom.